The molecule has 4 aromatic rings. The zero-order valence-electron chi connectivity index (χ0n) is 18.0. The first kappa shape index (κ1) is 21.3. The lowest BCUT2D eigenvalue weighted by molar-refractivity contribution is 0.136. The van der Waals surface area contributed by atoms with Gasteiger partial charge in [-0.25, -0.2) is 19.9 Å². The van der Waals surface area contributed by atoms with Crippen LogP contribution < -0.4 is 10.1 Å². The highest BCUT2D eigenvalue weighted by molar-refractivity contribution is 7.09. The number of thiazole rings is 1. The van der Waals surface area contributed by atoms with E-state index in [1.54, 1.807) is 23.9 Å². The number of hydrogen-bond donors (Lipinski definition) is 1. The molecule has 0 bridgehead atoms. The zero-order chi connectivity index (χ0) is 22.9. The predicted octanol–water partition coefficient (Wildman–Crippen LogP) is 4.80. The number of nitrogens with zero attached hydrogens (tertiary/aromatic N) is 4. The van der Waals surface area contributed by atoms with Crippen LogP contribution in [0.5, 0.6) is 5.75 Å². The Morgan fingerprint density at radius 1 is 1.12 bits per heavy atom. The van der Waals surface area contributed by atoms with Gasteiger partial charge in [-0.1, -0.05) is 17.7 Å². The first-order chi connectivity index (χ1) is 16.7. The molecule has 6 rings (SSSR count). The third-order valence-electron chi connectivity index (χ3n) is 5.68. The molecule has 2 aliphatic heterocycles. The van der Waals surface area contributed by atoms with Crippen LogP contribution in [-0.2, 0) is 22.5 Å². The third kappa shape index (κ3) is 4.42. The lowest BCUT2D eigenvalue weighted by Crippen LogP contribution is -2.19. The molecule has 0 amide bonds. The predicted molar refractivity (Wildman–Crippen MR) is 131 cm³/mol. The van der Waals surface area contributed by atoms with E-state index in [-0.39, 0.29) is 12.1 Å². The van der Waals surface area contributed by atoms with Gasteiger partial charge in [0.05, 0.1) is 23.8 Å². The quantitative estimate of drug-likeness (QED) is 0.395. The van der Waals surface area contributed by atoms with E-state index in [2.05, 4.69) is 31.3 Å². The van der Waals surface area contributed by atoms with Gasteiger partial charge in [0.25, 0.3) is 0 Å². The fourth-order valence-corrected chi connectivity index (χ4v) is 4.78. The molecule has 1 saturated heterocycles. The van der Waals surface area contributed by atoms with E-state index in [0.29, 0.717) is 42.8 Å². The second-order valence-electron chi connectivity index (χ2n) is 8.02. The molecule has 0 saturated carbocycles. The average molecular weight is 494 g/mol. The molecule has 2 atom stereocenters. The number of ether oxygens (including phenoxy) is 3. The van der Waals surface area contributed by atoms with E-state index in [0.717, 1.165) is 33.1 Å². The number of nitrogens with one attached hydrogen (secondary N) is 1. The van der Waals surface area contributed by atoms with Crippen LogP contribution in [0.1, 0.15) is 10.6 Å². The van der Waals surface area contributed by atoms with Gasteiger partial charge < -0.3 is 19.5 Å². The van der Waals surface area contributed by atoms with E-state index < -0.39 is 0 Å². The number of aliphatic imine (C=N–C) groups is 1. The molecule has 0 radical (unpaired) electrons. The molecule has 0 aliphatic carbocycles. The number of anilines is 2. The first-order valence-electron chi connectivity index (χ1n) is 10.8. The average Bonchev–Trinajstić information content (AvgIpc) is 3.57. The maximum absolute atomic E-state index is 6.46. The molecule has 34 heavy (non-hydrogen) atoms. The number of aromatic nitrogens is 3. The summed E-state index contributed by atoms with van der Waals surface area (Å²) in [7, 11) is 0. The summed E-state index contributed by atoms with van der Waals surface area (Å²) in [6, 6.07) is 11.8. The Morgan fingerprint density at radius 2 is 2.09 bits per heavy atom. The highest BCUT2D eigenvalue weighted by Crippen LogP contribution is 2.31. The Hall–Kier alpha value is -3.27. The molecule has 4 heterocycles. The molecular formula is C24H20ClN5O3S. The van der Waals surface area contributed by atoms with Crippen molar-refractivity contribution in [2.45, 2.75) is 25.2 Å². The minimum atomic E-state index is 0.0503. The molecule has 2 unspecified atom stereocenters. The Kier molecular flexibility index (Phi) is 5.74. The summed E-state index contributed by atoms with van der Waals surface area (Å²) in [4.78, 5) is 17.7. The number of halogens is 1. The smallest absolute Gasteiger partial charge is 0.188 e. The Morgan fingerprint density at radius 3 is 2.94 bits per heavy atom. The zero-order valence-corrected chi connectivity index (χ0v) is 19.6. The molecule has 1 fully saturated rings. The van der Waals surface area contributed by atoms with Gasteiger partial charge in [0, 0.05) is 29.1 Å². The van der Waals surface area contributed by atoms with Crippen LogP contribution in [-0.4, -0.2) is 46.2 Å². The van der Waals surface area contributed by atoms with Crippen LogP contribution in [0.15, 0.2) is 59.3 Å². The summed E-state index contributed by atoms with van der Waals surface area (Å²) >= 11 is 8.01. The first-order valence-corrected chi connectivity index (χ1v) is 12.1. The number of benzene rings is 2. The summed E-state index contributed by atoms with van der Waals surface area (Å²) in [5, 5.41) is 7.58. The van der Waals surface area contributed by atoms with Gasteiger partial charge >= 0.3 is 0 Å². The summed E-state index contributed by atoms with van der Waals surface area (Å²) in [5.74, 6) is 2.05. The molecular weight excluding hydrogens is 474 g/mol. The van der Waals surface area contributed by atoms with E-state index in [1.165, 1.54) is 0 Å². The van der Waals surface area contributed by atoms with Gasteiger partial charge in [0.2, 0.25) is 0 Å². The molecule has 1 N–H and O–H groups in total. The van der Waals surface area contributed by atoms with Crippen LogP contribution in [0.3, 0.4) is 0 Å². The summed E-state index contributed by atoms with van der Waals surface area (Å²) in [6.45, 7) is 1.62. The monoisotopic (exact) mass is 493 g/mol. The van der Waals surface area contributed by atoms with E-state index in [1.807, 2.05) is 35.7 Å². The Balaban J connectivity index is 1.20. The number of fused-ring (bicyclic) bond motifs is 2. The topological polar surface area (TPSA) is 90.8 Å². The van der Waals surface area contributed by atoms with Gasteiger partial charge in [-0.2, -0.15) is 0 Å². The maximum atomic E-state index is 6.46. The Bertz CT molecular complexity index is 1360. The van der Waals surface area contributed by atoms with Gasteiger partial charge in [0.15, 0.2) is 5.90 Å². The van der Waals surface area contributed by atoms with Crippen molar-refractivity contribution in [3.05, 3.63) is 69.9 Å². The van der Waals surface area contributed by atoms with Crippen molar-refractivity contribution in [2.75, 3.05) is 18.5 Å². The molecule has 10 heteroatoms. The van der Waals surface area contributed by atoms with Gasteiger partial charge in [-0.05, 0) is 35.9 Å². The van der Waals surface area contributed by atoms with Crippen LogP contribution in [0.4, 0.5) is 11.5 Å². The van der Waals surface area contributed by atoms with Crippen LogP contribution in [0.2, 0.25) is 5.02 Å². The molecule has 2 aromatic heterocycles. The minimum Gasteiger partial charge on any atom is -0.485 e. The standard InChI is InChI=1S/C24H20ClN5O3S/c25-17-9-15(2-4-20(17)32-12-23-26-5-6-34-23)29-24-16-7-14(1-3-18(16)27-13-28-24)8-22-30-19-10-31-11-21(19)33-22/h1-7,9,13,19,21H,8,10-12H2,(H,27,28,29). The van der Waals surface area contributed by atoms with E-state index in [9.17, 15) is 0 Å². The normalized spacial score (nSPS) is 19.0. The van der Waals surface area contributed by atoms with E-state index in [4.69, 9.17) is 25.8 Å². The summed E-state index contributed by atoms with van der Waals surface area (Å²) in [6.07, 6.45) is 3.97. The van der Waals surface area contributed by atoms with Crippen molar-refractivity contribution in [3.8, 4) is 5.75 Å². The SMILES string of the molecule is Clc1cc(Nc2ncnc3ccc(CC4=NC5COCC5O4)cc23)ccc1OCc1nccs1. The van der Waals surface area contributed by atoms with Gasteiger partial charge in [0.1, 0.15) is 41.7 Å². The number of rotatable bonds is 7. The minimum absolute atomic E-state index is 0.0503. The third-order valence-corrected chi connectivity index (χ3v) is 6.73. The maximum Gasteiger partial charge on any atom is 0.188 e. The van der Waals surface area contributed by atoms with Crippen molar-refractivity contribution in [3.63, 3.8) is 0 Å². The van der Waals surface area contributed by atoms with Crippen LogP contribution in [0.25, 0.3) is 10.9 Å². The molecule has 0 spiro atoms. The number of hydrogen-bond acceptors (Lipinski definition) is 9. The van der Waals surface area contributed by atoms with Gasteiger partial charge in [-0.3, -0.25) is 0 Å². The fraction of sp³-hybridized carbons (Fsp3) is 0.250. The van der Waals surface area contributed by atoms with Crippen molar-refractivity contribution < 1.29 is 14.2 Å². The van der Waals surface area contributed by atoms with Crippen molar-refractivity contribution >= 4 is 51.2 Å². The van der Waals surface area contributed by atoms with Crippen LogP contribution >= 0.6 is 22.9 Å². The van der Waals surface area contributed by atoms with Crippen LogP contribution in [0, 0.1) is 0 Å². The molecule has 2 aliphatic rings. The summed E-state index contributed by atoms with van der Waals surface area (Å²) in [5.41, 5.74) is 2.72. The van der Waals surface area contributed by atoms with Crippen molar-refractivity contribution in [2.24, 2.45) is 4.99 Å². The largest absolute Gasteiger partial charge is 0.485 e. The molecule has 2 aromatic carbocycles. The molecule has 172 valence electrons. The highest BCUT2D eigenvalue weighted by Gasteiger charge is 2.35. The van der Waals surface area contributed by atoms with Crippen molar-refractivity contribution in [1.82, 2.24) is 15.0 Å². The second-order valence-corrected chi connectivity index (χ2v) is 9.41. The van der Waals surface area contributed by atoms with E-state index >= 15 is 0 Å². The fourth-order valence-electron chi connectivity index (χ4n) is 4.02. The Labute approximate surface area is 204 Å². The highest BCUT2D eigenvalue weighted by atomic mass is 35.5. The summed E-state index contributed by atoms with van der Waals surface area (Å²) < 4.78 is 17.1. The lowest BCUT2D eigenvalue weighted by atomic mass is 10.1. The molecule has 8 nitrogen and oxygen atoms in total. The van der Waals surface area contributed by atoms with Gasteiger partial charge in [-0.15, -0.1) is 11.3 Å². The lowest BCUT2D eigenvalue weighted by Gasteiger charge is -2.12. The second kappa shape index (κ2) is 9.17. The van der Waals surface area contributed by atoms with Crippen molar-refractivity contribution in [1.29, 1.82) is 0 Å².